The standard InChI is InChI=1S/C8H18O2S/c1-7(4-9)6-11-8(2)5-10-3/h7-9H,4-6H2,1-3H3. The summed E-state index contributed by atoms with van der Waals surface area (Å²) in [5.74, 6) is 1.42. The highest BCUT2D eigenvalue weighted by atomic mass is 32.2. The van der Waals surface area contributed by atoms with Gasteiger partial charge in [-0.1, -0.05) is 13.8 Å². The van der Waals surface area contributed by atoms with E-state index in [-0.39, 0.29) is 6.61 Å². The molecule has 0 rings (SSSR count). The molecule has 3 heteroatoms. The summed E-state index contributed by atoms with van der Waals surface area (Å²) in [6.45, 7) is 5.26. The SMILES string of the molecule is COCC(C)SCC(C)CO. The number of ether oxygens (including phenoxy) is 1. The second kappa shape index (κ2) is 6.95. The van der Waals surface area contributed by atoms with Crippen molar-refractivity contribution in [1.82, 2.24) is 0 Å². The van der Waals surface area contributed by atoms with E-state index in [0.29, 0.717) is 11.2 Å². The maximum atomic E-state index is 8.73. The number of hydrogen-bond donors (Lipinski definition) is 1. The van der Waals surface area contributed by atoms with E-state index in [1.807, 2.05) is 18.7 Å². The molecule has 11 heavy (non-hydrogen) atoms. The molecule has 0 aromatic heterocycles. The minimum absolute atomic E-state index is 0.284. The van der Waals surface area contributed by atoms with Gasteiger partial charge < -0.3 is 9.84 Å². The molecule has 0 spiro atoms. The molecular formula is C8H18O2S. The first-order chi connectivity index (χ1) is 5.20. The van der Waals surface area contributed by atoms with Crippen LogP contribution >= 0.6 is 11.8 Å². The van der Waals surface area contributed by atoms with Crippen molar-refractivity contribution in [2.45, 2.75) is 19.1 Å². The molecular weight excluding hydrogens is 160 g/mol. The quantitative estimate of drug-likeness (QED) is 0.666. The van der Waals surface area contributed by atoms with Crippen LogP contribution in [0.3, 0.4) is 0 Å². The summed E-state index contributed by atoms with van der Waals surface area (Å²) in [7, 11) is 1.71. The molecule has 0 saturated heterocycles. The van der Waals surface area contributed by atoms with Crippen LogP contribution in [0.2, 0.25) is 0 Å². The average Bonchev–Trinajstić information content (AvgIpc) is 2.01. The van der Waals surface area contributed by atoms with Crippen molar-refractivity contribution in [3.05, 3.63) is 0 Å². The zero-order valence-corrected chi connectivity index (χ0v) is 8.36. The van der Waals surface area contributed by atoms with Gasteiger partial charge in [-0.25, -0.2) is 0 Å². The van der Waals surface area contributed by atoms with Crippen LogP contribution in [-0.2, 0) is 4.74 Å². The third-order valence-electron chi connectivity index (χ3n) is 1.38. The van der Waals surface area contributed by atoms with E-state index < -0.39 is 0 Å². The monoisotopic (exact) mass is 178 g/mol. The molecule has 1 N–H and O–H groups in total. The van der Waals surface area contributed by atoms with Crippen LogP contribution in [0.15, 0.2) is 0 Å². The Morgan fingerprint density at radius 2 is 2.09 bits per heavy atom. The Bertz CT molecular complexity index is 88.2. The highest BCUT2D eigenvalue weighted by Crippen LogP contribution is 2.14. The number of aliphatic hydroxyl groups excluding tert-OH is 1. The lowest BCUT2D eigenvalue weighted by atomic mass is 10.2. The largest absolute Gasteiger partial charge is 0.396 e. The fraction of sp³-hybridized carbons (Fsp3) is 1.00. The van der Waals surface area contributed by atoms with Crippen molar-refractivity contribution >= 4 is 11.8 Å². The lowest BCUT2D eigenvalue weighted by Gasteiger charge is -2.12. The summed E-state index contributed by atoms with van der Waals surface area (Å²) in [4.78, 5) is 0. The van der Waals surface area contributed by atoms with Crippen molar-refractivity contribution in [3.63, 3.8) is 0 Å². The van der Waals surface area contributed by atoms with Gasteiger partial charge in [0.2, 0.25) is 0 Å². The van der Waals surface area contributed by atoms with E-state index in [0.717, 1.165) is 12.4 Å². The van der Waals surface area contributed by atoms with Crippen LogP contribution in [-0.4, -0.2) is 36.4 Å². The van der Waals surface area contributed by atoms with Crippen LogP contribution in [0.5, 0.6) is 0 Å². The molecule has 68 valence electrons. The first kappa shape index (κ1) is 11.3. The molecule has 0 heterocycles. The predicted molar refractivity (Wildman–Crippen MR) is 50.0 cm³/mol. The van der Waals surface area contributed by atoms with Crippen LogP contribution in [0.25, 0.3) is 0 Å². The first-order valence-corrected chi connectivity index (χ1v) is 4.97. The molecule has 0 aliphatic rings. The van der Waals surface area contributed by atoms with Gasteiger partial charge in [-0.05, 0) is 11.7 Å². The average molecular weight is 178 g/mol. The molecule has 0 amide bonds. The lowest BCUT2D eigenvalue weighted by molar-refractivity contribution is 0.202. The van der Waals surface area contributed by atoms with Gasteiger partial charge in [0.05, 0.1) is 6.61 Å². The highest BCUT2D eigenvalue weighted by molar-refractivity contribution is 7.99. The van der Waals surface area contributed by atoms with Gasteiger partial charge in [0.15, 0.2) is 0 Å². The zero-order valence-electron chi connectivity index (χ0n) is 7.54. The van der Waals surface area contributed by atoms with Gasteiger partial charge in [0.1, 0.15) is 0 Å². The summed E-state index contributed by atoms with van der Waals surface area (Å²) < 4.78 is 4.99. The third-order valence-corrected chi connectivity index (χ3v) is 2.84. The second-order valence-corrected chi connectivity index (χ2v) is 4.36. The lowest BCUT2D eigenvalue weighted by Crippen LogP contribution is -2.11. The molecule has 2 unspecified atom stereocenters. The highest BCUT2D eigenvalue weighted by Gasteiger charge is 2.05. The minimum Gasteiger partial charge on any atom is -0.396 e. The fourth-order valence-corrected chi connectivity index (χ4v) is 1.66. The Morgan fingerprint density at radius 3 is 2.55 bits per heavy atom. The minimum atomic E-state index is 0.284. The summed E-state index contributed by atoms with van der Waals surface area (Å²) >= 11 is 1.85. The molecule has 0 aromatic carbocycles. The molecule has 0 aromatic rings. The molecule has 0 fully saturated rings. The Kier molecular flexibility index (Phi) is 7.12. The van der Waals surface area contributed by atoms with Crippen LogP contribution < -0.4 is 0 Å². The number of aliphatic hydroxyl groups is 1. The molecule has 0 bridgehead atoms. The van der Waals surface area contributed by atoms with Gasteiger partial charge >= 0.3 is 0 Å². The van der Waals surface area contributed by atoms with Gasteiger partial charge in [0, 0.05) is 19.0 Å². The number of thioether (sulfide) groups is 1. The van der Waals surface area contributed by atoms with Crippen LogP contribution in [0.1, 0.15) is 13.8 Å². The Hall–Kier alpha value is 0.270. The van der Waals surface area contributed by atoms with Gasteiger partial charge in [-0.2, -0.15) is 11.8 Å². The molecule has 0 saturated carbocycles. The van der Waals surface area contributed by atoms with Gasteiger partial charge in [-0.3, -0.25) is 0 Å². The fourth-order valence-electron chi connectivity index (χ4n) is 0.664. The Labute approximate surface area is 73.3 Å². The Morgan fingerprint density at radius 1 is 1.45 bits per heavy atom. The topological polar surface area (TPSA) is 29.5 Å². The van der Waals surface area contributed by atoms with Crippen molar-refractivity contribution in [3.8, 4) is 0 Å². The van der Waals surface area contributed by atoms with Crippen molar-refractivity contribution < 1.29 is 9.84 Å². The van der Waals surface area contributed by atoms with E-state index in [4.69, 9.17) is 9.84 Å². The van der Waals surface area contributed by atoms with Crippen molar-refractivity contribution in [2.24, 2.45) is 5.92 Å². The summed E-state index contributed by atoms with van der Waals surface area (Å²) in [5, 5.41) is 9.27. The number of rotatable bonds is 6. The van der Waals surface area contributed by atoms with Gasteiger partial charge in [-0.15, -0.1) is 0 Å². The van der Waals surface area contributed by atoms with Crippen molar-refractivity contribution in [2.75, 3.05) is 26.1 Å². The maximum absolute atomic E-state index is 8.73. The molecule has 0 aliphatic carbocycles. The van der Waals surface area contributed by atoms with Gasteiger partial charge in [0.25, 0.3) is 0 Å². The molecule has 2 atom stereocenters. The third kappa shape index (κ3) is 6.66. The predicted octanol–water partition coefficient (Wildman–Crippen LogP) is 1.38. The molecule has 2 nitrogen and oxygen atoms in total. The smallest absolute Gasteiger partial charge is 0.0578 e. The zero-order chi connectivity index (χ0) is 8.69. The maximum Gasteiger partial charge on any atom is 0.0578 e. The number of methoxy groups -OCH3 is 1. The summed E-state index contributed by atoms with van der Waals surface area (Å²) in [6, 6.07) is 0. The van der Waals surface area contributed by atoms with E-state index in [1.165, 1.54) is 0 Å². The van der Waals surface area contributed by atoms with Crippen LogP contribution in [0, 0.1) is 5.92 Å². The summed E-state index contributed by atoms with van der Waals surface area (Å²) in [6.07, 6.45) is 0. The van der Waals surface area contributed by atoms with E-state index >= 15 is 0 Å². The Balaban J connectivity index is 3.22. The normalized spacial score (nSPS) is 16.4. The second-order valence-electron chi connectivity index (χ2n) is 2.89. The number of hydrogen-bond acceptors (Lipinski definition) is 3. The summed E-state index contributed by atoms with van der Waals surface area (Å²) in [5.41, 5.74) is 0. The molecule has 0 radical (unpaired) electrons. The van der Waals surface area contributed by atoms with E-state index in [1.54, 1.807) is 7.11 Å². The van der Waals surface area contributed by atoms with Crippen LogP contribution in [0.4, 0.5) is 0 Å². The van der Waals surface area contributed by atoms with E-state index in [2.05, 4.69) is 6.92 Å². The van der Waals surface area contributed by atoms with E-state index in [9.17, 15) is 0 Å². The first-order valence-electron chi connectivity index (χ1n) is 3.92. The molecule has 0 aliphatic heterocycles. The van der Waals surface area contributed by atoms with Crippen molar-refractivity contribution in [1.29, 1.82) is 0 Å².